The summed E-state index contributed by atoms with van der Waals surface area (Å²) >= 11 is 0. The summed E-state index contributed by atoms with van der Waals surface area (Å²) in [5.74, 6) is -3.73. The van der Waals surface area contributed by atoms with Gasteiger partial charge in [0.25, 0.3) is 0 Å². The van der Waals surface area contributed by atoms with Gasteiger partial charge in [0.15, 0.2) is 0 Å². The van der Waals surface area contributed by atoms with Gasteiger partial charge in [-0.15, -0.1) is 0 Å². The minimum absolute atomic E-state index is 0.0432. The van der Waals surface area contributed by atoms with Gasteiger partial charge in [0, 0.05) is 5.56 Å². The number of carbonyl (C=O) groups excluding carboxylic acids is 4. The van der Waals surface area contributed by atoms with Crippen molar-refractivity contribution in [1.29, 1.82) is 0 Å². The summed E-state index contributed by atoms with van der Waals surface area (Å²) in [6, 6.07) is 10.7. The molecular weight excluding hydrogens is 636 g/mol. The molecule has 1 N–H and O–H groups in total. The molecule has 0 heterocycles. The first-order chi connectivity index (χ1) is 24.3. The molecule has 0 aliphatic carbocycles. The molecule has 0 saturated heterocycles. The SMILES string of the molecule is CCCCCCOC(=O)c1ccc(C(O)(C(=O)OCCCCCC)c2ccccc2)c(C(=O)OCCCCCC)c1C(=O)OCCCCCC. The molecule has 50 heavy (non-hydrogen) atoms. The average molecular weight is 697 g/mol. The maximum absolute atomic E-state index is 14.1. The van der Waals surface area contributed by atoms with E-state index in [0.29, 0.717) is 25.7 Å². The molecule has 0 fully saturated rings. The van der Waals surface area contributed by atoms with Crippen LogP contribution in [-0.2, 0) is 29.3 Å². The van der Waals surface area contributed by atoms with Crippen molar-refractivity contribution >= 4 is 23.9 Å². The van der Waals surface area contributed by atoms with Gasteiger partial charge in [-0.3, -0.25) is 0 Å². The molecule has 2 rings (SSSR count). The highest BCUT2D eigenvalue weighted by Crippen LogP contribution is 2.37. The molecule has 0 aromatic heterocycles. The van der Waals surface area contributed by atoms with Crippen molar-refractivity contribution in [2.45, 2.75) is 136 Å². The Bertz CT molecular complexity index is 1310. The Morgan fingerprint density at radius 2 is 0.920 bits per heavy atom. The number of rotatable bonds is 26. The average Bonchev–Trinajstić information content (AvgIpc) is 3.13. The molecule has 2 aromatic carbocycles. The van der Waals surface area contributed by atoms with Crippen molar-refractivity contribution in [2.24, 2.45) is 0 Å². The Morgan fingerprint density at radius 3 is 1.38 bits per heavy atom. The molecular formula is C41H60O9. The summed E-state index contributed by atoms with van der Waals surface area (Å²) < 4.78 is 22.6. The number of unbranched alkanes of at least 4 members (excludes halogenated alkanes) is 12. The Morgan fingerprint density at radius 1 is 0.500 bits per heavy atom. The lowest BCUT2D eigenvalue weighted by atomic mass is 9.80. The van der Waals surface area contributed by atoms with Crippen LogP contribution in [0, 0.1) is 0 Å². The summed E-state index contributed by atoms with van der Waals surface area (Å²) in [5, 5.41) is 12.5. The van der Waals surface area contributed by atoms with Crippen molar-refractivity contribution in [2.75, 3.05) is 26.4 Å². The molecule has 1 unspecified atom stereocenters. The number of benzene rings is 2. The fourth-order valence-corrected chi connectivity index (χ4v) is 5.66. The molecule has 0 aliphatic rings. The zero-order valence-corrected chi connectivity index (χ0v) is 30.9. The lowest BCUT2D eigenvalue weighted by molar-refractivity contribution is -0.162. The van der Waals surface area contributed by atoms with Gasteiger partial charge in [-0.05, 0) is 37.3 Å². The summed E-state index contributed by atoms with van der Waals surface area (Å²) in [6.45, 7) is 8.58. The molecule has 0 radical (unpaired) electrons. The smallest absolute Gasteiger partial charge is 0.347 e. The molecule has 278 valence electrons. The fraction of sp³-hybridized carbons (Fsp3) is 0.610. The summed E-state index contributed by atoms with van der Waals surface area (Å²) in [6.07, 6.45) is 13.6. The molecule has 0 spiro atoms. The number of aliphatic hydroxyl groups is 1. The lowest BCUT2D eigenvalue weighted by Crippen LogP contribution is -2.41. The van der Waals surface area contributed by atoms with E-state index >= 15 is 0 Å². The molecule has 0 saturated carbocycles. The first-order valence-corrected chi connectivity index (χ1v) is 18.9. The third kappa shape index (κ3) is 13.2. The monoisotopic (exact) mass is 696 g/mol. The zero-order chi connectivity index (χ0) is 36.6. The van der Waals surface area contributed by atoms with E-state index in [9.17, 15) is 24.3 Å². The van der Waals surface area contributed by atoms with E-state index in [1.165, 1.54) is 12.1 Å². The second-order valence-corrected chi connectivity index (χ2v) is 12.8. The minimum Gasteiger partial charge on any atom is -0.463 e. The van der Waals surface area contributed by atoms with Crippen molar-refractivity contribution in [3.8, 4) is 0 Å². The van der Waals surface area contributed by atoms with Crippen LogP contribution in [0.3, 0.4) is 0 Å². The lowest BCUT2D eigenvalue weighted by Gasteiger charge is -2.30. The number of hydrogen-bond donors (Lipinski definition) is 1. The van der Waals surface area contributed by atoms with E-state index in [2.05, 4.69) is 27.7 Å². The third-order valence-corrected chi connectivity index (χ3v) is 8.63. The zero-order valence-electron chi connectivity index (χ0n) is 30.9. The molecule has 1 atom stereocenters. The van der Waals surface area contributed by atoms with Crippen LogP contribution in [0.4, 0.5) is 0 Å². The standard InChI is InChI=1S/C41H60O9/c1-5-9-13-20-28-47-37(42)33-26-27-34(41(46,32-24-18-17-19-25-32)40(45)50-31-23-16-12-8-4)36(39(44)49-30-22-15-11-7-3)35(33)38(43)48-29-21-14-10-6-2/h17-19,24-27,46H,5-16,20-23,28-31H2,1-4H3. The number of esters is 4. The summed E-state index contributed by atoms with van der Waals surface area (Å²) in [7, 11) is 0. The van der Waals surface area contributed by atoms with Gasteiger partial charge in [-0.1, -0.05) is 141 Å². The Hall–Kier alpha value is -3.72. The van der Waals surface area contributed by atoms with E-state index < -0.39 is 40.6 Å². The third-order valence-electron chi connectivity index (χ3n) is 8.63. The maximum Gasteiger partial charge on any atom is 0.347 e. The van der Waals surface area contributed by atoms with Crippen molar-refractivity contribution < 1.29 is 43.2 Å². The van der Waals surface area contributed by atoms with Crippen LogP contribution < -0.4 is 0 Å². The van der Waals surface area contributed by atoms with Crippen LogP contribution >= 0.6 is 0 Å². The topological polar surface area (TPSA) is 125 Å². The van der Waals surface area contributed by atoms with Crippen LogP contribution in [0.25, 0.3) is 0 Å². The van der Waals surface area contributed by atoms with Gasteiger partial charge in [0.05, 0.1) is 43.1 Å². The van der Waals surface area contributed by atoms with Crippen LogP contribution in [0.5, 0.6) is 0 Å². The van der Waals surface area contributed by atoms with E-state index in [4.69, 9.17) is 18.9 Å². The molecule has 0 bridgehead atoms. The highest BCUT2D eigenvalue weighted by molar-refractivity contribution is 6.12. The highest BCUT2D eigenvalue weighted by Gasteiger charge is 2.47. The van der Waals surface area contributed by atoms with Gasteiger partial charge >= 0.3 is 23.9 Å². The first kappa shape index (κ1) is 42.4. The quantitative estimate of drug-likeness (QED) is 0.0582. The van der Waals surface area contributed by atoms with Crippen LogP contribution in [-0.4, -0.2) is 55.4 Å². The maximum atomic E-state index is 14.1. The molecule has 9 heteroatoms. The minimum atomic E-state index is -2.53. The van der Waals surface area contributed by atoms with Crippen molar-refractivity contribution in [3.63, 3.8) is 0 Å². The van der Waals surface area contributed by atoms with Gasteiger partial charge in [0.1, 0.15) is 0 Å². The van der Waals surface area contributed by atoms with E-state index in [0.717, 1.165) is 77.0 Å². The largest absolute Gasteiger partial charge is 0.463 e. The Kier molecular flexibility index (Phi) is 20.7. The molecule has 0 amide bonds. The fourth-order valence-electron chi connectivity index (χ4n) is 5.66. The van der Waals surface area contributed by atoms with Crippen LogP contribution in [0.2, 0.25) is 0 Å². The molecule has 9 nitrogen and oxygen atoms in total. The summed E-state index contributed by atoms with van der Waals surface area (Å²) in [5.41, 5.74) is -3.67. The predicted molar refractivity (Wildman–Crippen MR) is 194 cm³/mol. The van der Waals surface area contributed by atoms with Gasteiger partial charge in [-0.2, -0.15) is 0 Å². The second-order valence-electron chi connectivity index (χ2n) is 12.8. The highest BCUT2D eigenvalue weighted by atomic mass is 16.6. The number of carbonyl (C=O) groups is 4. The number of hydrogen-bond acceptors (Lipinski definition) is 9. The van der Waals surface area contributed by atoms with E-state index in [1.54, 1.807) is 30.3 Å². The van der Waals surface area contributed by atoms with E-state index in [-0.39, 0.29) is 43.1 Å². The normalized spacial score (nSPS) is 12.2. The first-order valence-electron chi connectivity index (χ1n) is 18.9. The van der Waals surface area contributed by atoms with Gasteiger partial charge in [-0.25, -0.2) is 19.2 Å². The van der Waals surface area contributed by atoms with Gasteiger partial charge in [0.2, 0.25) is 5.60 Å². The van der Waals surface area contributed by atoms with Crippen LogP contribution in [0.15, 0.2) is 42.5 Å². The van der Waals surface area contributed by atoms with Crippen LogP contribution in [0.1, 0.15) is 173 Å². The summed E-state index contributed by atoms with van der Waals surface area (Å²) in [4.78, 5) is 55.7. The molecule has 0 aliphatic heterocycles. The predicted octanol–water partition coefficient (Wildman–Crippen LogP) is 9.26. The molecule has 2 aromatic rings. The van der Waals surface area contributed by atoms with Crippen molar-refractivity contribution in [3.05, 3.63) is 70.3 Å². The Balaban J connectivity index is 2.75. The van der Waals surface area contributed by atoms with E-state index in [1.807, 2.05) is 0 Å². The Labute approximate surface area is 299 Å². The number of ether oxygens (including phenoxy) is 4. The van der Waals surface area contributed by atoms with Gasteiger partial charge < -0.3 is 24.1 Å². The van der Waals surface area contributed by atoms with Crippen molar-refractivity contribution in [1.82, 2.24) is 0 Å². The second kappa shape index (κ2) is 24.4.